The molecule has 0 N–H and O–H groups in total. The Bertz CT molecular complexity index is 3950. The van der Waals surface area contributed by atoms with Crippen LogP contribution in [0.5, 0.6) is 0 Å². The van der Waals surface area contributed by atoms with Gasteiger partial charge in [0, 0.05) is 11.1 Å². The highest BCUT2D eigenvalue weighted by Crippen LogP contribution is 2.44. The maximum absolute atomic E-state index is 5.64. The zero-order valence-electron chi connectivity index (χ0n) is 47.8. The minimum atomic E-state index is -0.163. The van der Waals surface area contributed by atoms with Crippen molar-refractivity contribution in [3.8, 4) is 66.8 Å². The molecular formula is C78H76N2. The van der Waals surface area contributed by atoms with E-state index >= 15 is 0 Å². The fraction of sp³-hybridized carbons (Fsp3) is 0.256. The topological polar surface area (TPSA) is 24.7 Å². The molecule has 0 saturated heterocycles. The molecule has 1 heterocycles. The molecule has 0 unspecified atom stereocenters. The molecule has 12 rings (SSSR count). The molecule has 11 aromatic rings. The third kappa shape index (κ3) is 10.8. The average Bonchev–Trinajstić information content (AvgIpc) is 4.03. The van der Waals surface area contributed by atoms with Crippen LogP contribution in [0, 0.1) is 0 Å². The van der Waals surface area contributed by atoms with Crippen molar-refractivity contribution in [1.82, 2.24) is 0 Å². The third-order valence-electron chi connectivity index (χ3n) is 17.1. The van der Waals surface area contributed by atoms with Gasteiger partial charge in [0.25, 0.3) is 0 Å². The van der Waals surface area contributed by atoms with Crippen molar-refractivity contribution >= 4 is 43.1 Å². The molecular weight excluding hydrogens is 965 g/mol. The smallest absolute Gasteiger partial charge is 0.141 e. The second-order valence-corrected chi connectivity index (χ2v) is 22.8. The van der Waals surface area contributed by atoms with Gasteiger partial charge in [-0.05, 0) is 203 Å². The van der Waals surface area contributed by atoms with Gasteiger partial charge < -0.3 is 0 Å². The zero-order chi connectivity index (χ0) is 54.5. The summed E-state index contributed by atoms with van der Waals surface area (Å²) in [5.41, 5.74) is 19.9. The Kier molecular flexibility index (Phi) is 15.7. The summed E-state index contributed by atoms with van der Waals surface area (Å²) in [5.74, 6) is 0. The molecule has 2 heteroatoms. The van der Waals surface area contributed by atoms with E-state index in [1.807, 2.05) is 0 Å². The lowest BCUT2D eigenvalue weighted by molar-refractivity contribution is 0.628. The van der Waals surface area contributed by atoms with Crippen LogP contribution in [-0.2, 0) is 25.7 Å². The first-order valence-electron chi connectivity index (χ1n) is 30.4. The third-order valence-corrected chi connectivity index (χ3v) is 17.1. The molecule has 0 radical (unpaired) electrons. The number of benzene rings is 11. The standard InChI is InChI=1S/C78H76N2/c1-6-11-18-52-26-30-60-48-64(38-34-56(60)44-52)68-22-15-24-70(75(68)66-40-36-58-46-54(20-13-8-3)28-32-62(58)50-66)72-42-43-73(78-77(72)79-74(80-78)17-10-5)71-25-16-23-69(65-39-35-57-45-53(19-12-7-2)27-31-61(57)49-65)76(71)67-41-37-59-47-55(21-14-9-4)29-33-63(59)51-67/h15-16,22-51,74H,6-14,17-21H2,1-5H3. The molecule has 0 bridgehead atoms. The monoisotopic (exact) mass is 1040 g/mol. The number of unbranched alkanes of at least 4 members (excludes halogenated alkanes) is 4. The van der Waals surface area contributed by atoms with Crippen LogP contribution < -0.4 is 10.7 Å². The highest BCUT2D eigenvalue weighted by molar-refractivity contribution is 6.02. The van der Waals surface area contributed by atoms with Gasteiger partial charge in [-0.25, -0.2) is 0 Å². The minimum Gasteiger partial charge on any atom is -0.256 e. The first-order chi connectivity index (χ1) is 39.4. The molecule has 0 aromatic heterocycles. The van der Waals surface area contributed by atoms with Crippen LogP contribution in [0.4, 0.5) is 0 Å². The highest BCUT2D eigenvalue weighted by atomic mass is 15.0. The molecule has 80 heavy (non-hydrogen) atoms. The quantitative estimate of drug-likeness (QED) is 0.0727. The molecule has 0 saturated carbocycles. The summed E-state index contributed by atoms with van der Waals surface area (Å²) in [6.45, 7) is 11.3. The van der Waals surface area contributed by atoms with E-state index in [2.05, 4.69) is 229 Å². The lowest BCUT2D eigenvalue weighted by Crippen LogP contribution is -2.26. The van der Waals surface area contributed by atoms with E-state index in [1.54, 1.807) is 0 Å². The number of hydrogen-bond acceptors (Lipinski definition) is 2. The van der Waals surface area contributed by atoms with Gasteiger partial charge in [0.05, 0.1) is 10.7 Å². The van der Waals surface area contributed by atoms with Crippen LogP contribution in [0.2, 0.25) is 0 Å². The predicted molar refractivity (Wildman–Crippen MR) is 345 cm³/mol. The molecule has 0 spiro atoms. The predicted octanol–water partition coefficient (Wildman–Crippen LogP) is 21.1. The summed E-state index contributed by atoms with van der Waals surface area (Å²) in [7, 11) is 0. The molecule has 0 fully saturated rings. The summed E-state index contributed by atoms with van der Waals surface area (Å²) < 4.78 is 0. The average molecular weight is 1040 g/mol. The van der Waals surface area contributed by atoms with E-state index in [0.29, 0.717) is 0 Å². The number of rotatable bonds is 20. The van der Waals surface area contributed by atoms with Crippen molar-refractivity contribution < 1.29 is 0 Å². The molecule has 1 aliphatic heterocycles. The largest absolute Gasteiger partial charge is 0.256 e. The summed E-state index contributed by atoms with van der Waals surface area (Å²) >= 11 is 0. The SMILES string of the molecule is CCCCc1ccc2cc(-c3cccc(-c4ccc(-c5cccc(-c6ccc7cc(CCCC)ccc7c6)c5-c5ccc6cc(CCCC)ccc6c5)c5c4=NC(CCC)N=5)c3-c3ccc4cc(CCCC)ccc4c3)ccc2c1. The minimum absolute atomic E-state index is 0.163. The van der Waals surface area contributed by atoms with Crippen LogP contribution >= 0.6 is 0 Å². The van der Waals surface area contributed by atoms with E-state index in [-0.39, 0.29) is 6.17 Å². The van der Waals surface area contributed by atoms with E-state index < -0.39 is 0 Å². The second kappa shape index (κ2) is 23.8. The Hall–Kier alpha value is -7.94. The Morgan fingerprint density at radius 1 is 0.275 bits per heavy atom. The van der Waals surface area contributed by atoms with Crippen molar-refractivity contribution in [2.75, 3.05) is 0 Å². The van der Waals surface area contributed by atoms with E-state index in [9.17, 15) is 0 Å². The molecule has 0 amide bonds. The molecule has 398 valence electrons. The Morgan fingerprint density at radius 2 is 0.575 bits per heavy atom. The van der Waals surface area contributed by atoms with E-state index in [1.165, 1.54) is 172 Å². The number of fused-ring (bicyclic) bond motifs is 5. The van der Waals surface area contributed by atoms with Crippen LogP contribution in [0.1, 0.15) is 121 Å². The first kappa shape index (κ1) is 52.7. The van der Waals surface area contributed by atoms with Gasteiger partial charge in [0.15, 0.2) is 0 Å². The van der Waals surface area contributed by atoms with Crippen molar-refractivity contribution in [2.45, 2.75) is 131 Å². The Labute approximate surface area is 475 Å². The number of nitrogens with zero attached hydrogens (tertiary/aromatic N) is 2. The van der Waals surface area contributed by atoms with Gasteiger partial charge in [0.2, 0.25) is 0 Å². The molecule has 11 aromatic carbocycles. The maximum atomic E-state index is 5.64. The van der Waals surface area contributed by atoms with E-state index in [4.69, 9.17) is 9.98 Å². The summed E-state index contributed by atoms with van der Waals surface area (Å²) in [4.78, 5) is 11.3. The summed E-state index contributed by atoms with van der Waals surface area (Å²) in [5, 5.41) is 12.2. The fourth-order valence-corrected chi connectivity index (χ4v) is 12.6. The van der Waals surface area contributed by atoms with Gasteiger partial charge in [-0.2, -0.15) is 0 Å². The number of aryl methyl sites for hydroxylation is 4. The Balaban J connectivity index is 1.06. The van der Waals surface area contributed by atoms with Gasteiger partial charge in [-0.15, -0.1) is 0 Å². The summed E-state index contributed by atoms with van der Waals surface area (Å²) in [6.07, 6.45) is 15.8. The van der Waals surface area contributed by atoms with Crippen LogP contribution in [0.25, 0.3) is 110 Å². The summed E-state index contributed by atoms with van der Waals surface area (Å²) in [6, 6.07) is 75.2. The van der Waals surface area contributed by atoms with Gasteiger partial charge >= 0.3 is 0 Å². The zero-order valence-corrected chi connectivity index (χ0v) is 47.8. The molecule has 2 nitrogen and oxygen atoms in total. The normalized spacial score (nSPS) is 12.4. The maximum Gasteiger partial charge on any atom is 0.141 e. The van der Waals surface area contributed by atoms with Crippen LogP contribution in [0.3, 0.4) is 0 Å². The van der Waals surface area contributed by atoms with Gasteiger partial charge in [0.1, 0.15) is 6.17 Å². The van der Waals surface area contributed by atoms with E-state index in [0.717, 1.165) is 60.4 Å². The van der Waals surface area contributed by atoms with Gasteiger partial charge in [-0.1, -0.05) is 237 Å². The van der Waals surface area contributed by atoms with Crippen molar-refractivity contribution in [3.05, 3.63) is 227 Å². The van der Waals surface area contributed by atoms with Gasteiger partial charge in [-0.3, -0.25) is 9.98 Å². The Morgan fingerprint density at radius 3 is 0.912 bits per heavy atom. The molecule has 0 atom stereocenters. The fourth-order valence-electron chi connectivity index (χ4n) is 12.6. The van der Waals surface area contributed by atoms with Crippen molar-refractivity contribution in [3.63, 3.8) is 0 Å². The van der Waals surface area contributed by atoms with Crippen molar-refractivity contribution in [2.24, 2.45) is 9.98 Å². The lowest BCUT2D eigenvalue weighted by atomic mass is 9.84. The first-order valence-corrected chi connectivity index (χ1v) is 30.4. The molecule has 1 aliphatic rings. The lowest BCUT2D eigenvalue weighted by Gasteiger charge is -2.19. The number of hydrogen-bond donors (Lipinski definition) is 0. The van der Waals surface area contributed by atoms with Crippen LogP contribution in [0.15, 0.2) is 204 Å². The molecule has 0 aliphatic carbocycles. The second-order valence-electron chi connectivity index (χ2n) is 22.8. The van der Waals surface area contributed by atoms with Crippen LogP contribution in [-0.4, -0.2) is 6.17 Å². The van der Waals surface area contributed by atoms with Crippen molar-refractivity contribution in [1.29, 1.82) is 0 Å². The highest BCUT2D eigenvalue weighted by Gasteiger charge is 2.24.